The second-order valence-electron chi connectivity index (χ2n) is 3.90. The summed E-state index contributed by atoms with van der Waals surface area (Å²) in [4.78, 5) is 27.1. The number of thiazole rings is 1. The highest BCUT2D eigenvalue weighted by atomic mass is 32.1. The maximum Gasteiger partial charge on any atom is 0.261 e. The van der Waals surface area contributed by atoms with Crippen LogP contribution in [0.4, 0.5) is 5.13 Å². The molecule has 1 heterocycles. The summed E-state index contributed by atoms with van der Waals surface area (Å²) in [7, 11) is 1.40. The van der Waals surface area contributed by atoms with Crippen LogP contribution in [0, 0.1) is 0 Å². The first-order chi connectivity index (χ1) is 9.52. The number of methoxy groups -OCH3 is 1. The van der Waals surface area contributed by atoms with Gasteiger partial charge in [0.05, 0.1) is 12.7 Å². The molecule has 2 N–H and O–H groups in total. The van der Waals surface area contributed by atoms with Gasteiger partial charge >= 0.3 is 0 Å². The summed E-state index contributed by atoms with van der Waals surface area (Å²) in [5, 5.41) is 14.3. The topological polar surface area (TPSA) is 88.5 Å². The number of rotatable bonds is 4. The molecule has 0 atom stereocenters. The normalized spacial score (nSPS) is 10.1. The number of hydrogen-bond donors (Lipinski definition) is 2. The predicted molar refractivity (Wildman–Crippen MR) is 74.7 cm³/mol. The fraction of sp³-hybridized carbons (Fsp3) is 0.154. The summed E-state index contributed by atoms with van der Waals surface area (Å²) in [6.45, 7) is 1.40. The van der Waals surface area contributed by atoms with Gasteiger partial charge in [-0.25, -0.2) is 4.98 Å². The number of aromatic hydroxyl groups is 1. The van der Waals surface area contributed by atoms with Crippen molar-refractivity contribution in [1.82, 2.24) is 4.98 Å². The van der Waals surface area contributed by atoms with Gasteiger partial charge in [-0.1, -0.05) is 6.07 Å². The average Bonchev–Trinajstić information content (AvgIpc) is 2.87. The number of nitrogens with one attached hydrogen (secondary N) is 1. The lowest BCUT2D eigenvalue weighted by atomic mass is 10.2. The molecule has 0 saturated heterocycles. The van der Waals surface area contributed by atoms with Crippen LogP contribution in [-0.2, 0) is 0 Å². The Morgan fingerprint density at radius 1 is 1.40 bits per heavy atom. The number of anilines is 1. The largest absolute Gasteiger partial charge is 0.504 e. The molecule has 1 amide bonds. The van der Waals surface area contributed by atoms with Gasteiger partial charge < -0.3 is 9.84 Å². The van der Waals surface area contributed by atoms with E-state index >= 15 is 0 Å². The van der Waals surface area contributed by atoms with Crippen molar-refractivity contribution in [3.8, 4) is 11.5 Å². The number of aromatic nitrogens is 1. The number of phenolic OH excluding ortho intramolecular Hbond substituents is 1. The molecule has 2 rings (SSSR count). The molecular weight excluding hydrogens is 280 g/mol. The van der Waals surface area contributed by atoms with Crippen molar-refractivity contribution < 1.29 is 19.4 Å². The number of para-hydroxylation sites is 1. The van der Waals surface area contributed by atoms with Crippen LogP contribution in [0.1, 0.15) is 27.8 Å². The molecular formula is C13H12N2O4S. The highest BCUT2D eigenvalue weighted by Crippen LogP contribution is 2.30. The van der Waals surface area contributed by atoms with E-state index in [-0.39, 0.29) is 22.8 Å². The molecule has 0 bridgehead atoms. The Morgan fingerprint density at radius 2 is 2.15 bits per heavy atom. The fourth-order valence-electron chi connectivity index (χ4n) is 1.53. The van der Waals surface area contributed by atoms with Crippen molar-refractivity contribution >= 4 is 28.2 Å². The molecule has 7 heteroatoms. The van der Waals surface area contributed by atoms with Crippen LogP contribution in [0.2, 0.25) is 0 Å². The number of benzene rings is 1. The van der Waals surface area contributed by atoms with Crippen molar-refractivity contribution in [3.63, 3.8) is 0 Å². The molecule has 104 valence electrons. The highest BCUT2D eigenvalue weighted by Gasteiger charge is 2.16. The van der Waals surface area contributed by atoms with Crippen LogP contribution in [0.5, 0.6) is 11.5 Å². The minimum atomic E-state index is -0.522. The maximum atomic E-state index is 12.0. The zero-order valence-electron chi connectivity index (χ0n) is 10.8. The van der Waals surface area contributed by atoms with Crippen molar-refractivity contribution in [2.75, 3.05) is 12.4 Å². The van der Waals surface area contributed by atoms with Crippen molar-refractivity contribution in [3.05, 3.63) is 34.8 Å². The Kier molecular flexibility index (Phi) is 3.99. The van der Waals surface area contributed by atoms with E-state index in [1.807, 2.05) is 0 Å². The summed E-state index contributed by atoms with van der Waals surface area (Å²) < 4.78 is 4.93. The molecule has 2 aromatic rings. The van der Waals surface area contributed by atoms with Gasteiger partial charge in [0.25, 0.3) is 5.91 Å². The van der Waals surface area contributed by atoms with Gasteiger partial charge in [0, 0.05) is 12.3 Å². The third-order valence-corrected chi connectivity index (χ3v) is 3.31. The van der Waals surface area contributed by atoms with Gasteiger partial charge in [0.1, 0.15) is 5.69 Å². The number of carbonyl (C=O) groups is 2. The van der Waals surface area contributed by atoms with E-state index in [1.54, 1.807) is 17.5 Å². The van der Waals surface area contributed by atoms with Crippen LogP contribution in [-0.4, -0.2) is 28.9 Å². The first kappa shape index (κ1) is 14.0. The summed E-state index contributed by atoms with van der Waals surface area (Å²) in [5.74, 6) is -0.728. The van der Waals surface area contributed by atoms with Gasteiger partial charge in [0.15, 0.2) is 22.4 Å². The van der Waals surface area contributed by atoms with Gasteiger partial charge in [-0.05, 0) is 12.1 Å². The second kappa shape index (κ2) is 5.70. The minimum Gasteiger partial charge on any atom is -0.504 e. The van der Waals surface area contributed by atoms with Crippen LogP contribution in [0.15, 0.2) is 23.6 Å². The lowest BCUT2D eigenvalue weighted by Crippen LogP contribution is -2.12. The first-order valence-electron chi connectivity index (χ1n) is 5.66. The molecule has 1 aromatic heterocycles. The van der Waals surface area contributed by atoms with Gasteiger partial charge in [-0.2, -0.15) is 0 Å². The van der Waals surface area contributed by atoms with E-state index in [0.717, 1.165) is 11.3 Å². The van der Waals surface area contributed by atoms with Crippen molar-refractivity contribution in [2.24, 2.45) is 0 Å². The Labute approximate surface area is 119 Å². The van der Waals surface area contributed by atoms with E-state index in [2.05, 4.69) is 10.3 Å². The van der Waals surface area contributed by atoms with Crippen LogP contribution in [0.3, 0.4) is 0 Å². The fourth-order valence-corrected chi connectivity index (χ4v) is 2.27. The van der Waals surface area contributed by atoms with Crippen LogP contribution < -0.4 is 10.1 Å². The molecule has 0 fully saturated rings. The van der Waals surface area contributed by atoms with Crippen molar-refractivity contribution in [1.29, 1.82) is 0 Å². The summed E-state index contributed by atoms with van der Waals surface area (Å²) in [6.07, 6.45) is 0. The average molecular weight is 292 g/mol. The molecule has 0 aliphatic heterocycles. The number of carbonyl (C=O) groups excluding carboxylic acids is 2. The Balaban J connectivity index is 2.21. The molecule has 0 aliphatic rings. The zero-order valence-corrected chi connectivity index (χ0v) is 11.7. The van der Waals surface area contributed by atoms with E-state index in [4.69, 9.17) is 4.74 Å². The lowest BCUT2D eigenvalue weighted by molar-refractivity contribution is 0.100. The molecule has 0 aliphatic carbocycles. The molecule has 0 unspecified atom stereocenters. The van der Waals surface area contributed by atoms with Crippen LogP contribution in [0.25, 0.3) is 0 Å². The summed E-state index contributed by atoms with van der Waals surface area (Å²) >= 11 is 1.14. The lowest BCUT2D eigenvalue weighted by Gasteiger charge is -2.07. The van der Waals surface area contributed by atoms with E-state index in [1.165, 1.54) is 20.1 Å². The molecule has 6 nitrogen and oxygen atoms in total. The number of nitrogens with zero attached hydrogens (tertiary/aromatic N) is 1. The van der Waals surface area contributed by atoms with Crippen molar-refractivity contribution in [2.45, 2.75) is 6.92 Å². The zero-order chi connectivity index (χ0) is 14.7. The SMILES string of the molecule is COc1cccc(C(=O)Nc2nc(C(C)=O)cs2)c1O. The highest BCUT2D eigenvalue weighted by molar-refractivity contribution is 7.14. The van der Waals surface area contributed by atoms with Crippen LogP contribution >= 0.6 is 11.3 Å². The monoisotopic (exact) mass is 292 g/mol. The minimum absolute atomic E-state index is 0.0731. The first-order valence-corrected chi connectivity index (χ1v) is 6.54. The number of phenols is 1. The van der Waals surface area contributed by atoms with E-state index < -0.39 is 5.91 Å². The number of Topliss-reactive ketones (excluding diaryl/α,β-unsaturated/α-hetero) is 1. The predicted octanol–water partition coefficient (Wildman–Crippen LogP) is 2.31. The maximum absolute atomic E-state index is 12.0. The van der Waals surface area contributed by atoms with Gasteiger partial charge in [-0.3, -0.25) is 14.9 Å². The molecule has 0 spiro atoms. The quantitative estimate of drug-likeness (QED) is 0.844. The third-order valence-electron chi connectivity index (χ3n) is 2.55. The molecule has 0 saturated carbocycles. The van der Waals surface area contributed by atoms with E-state index in [0.29, 0.717) is 10.8 Å². The number of ketones is 1. The Bertz CT molecular complexity index is 666. The molecule has 0 radical (unpaired) electrons. The molecule has 20 heavy (non-hydrogen) atoms. The summed E-state index contributed by atoms with van der Waals surface area (Å²) in [6, 6.07) is 4.60. The smallest absolute Gasteiger partial charge is 0.261 e. The number of amides is 1. The Morgan fingerprint density at radius 3 is 2.75 bits per heavy atom. The third kappa shape index (κ3) is 2.77. The molecule has 1 aromatic carbocycles. The number of hydrogen-bond acceptors (Lipinski definition) is 6. The van der Waals surface area contributed by atoms with Gasteiger partial charge in [-0.15, -0.1) is 11.3 Å². The summed E-state index contributed by atoms with van der Waals surface area (Å²) in [5.41, 5.74) is 0.365. The van der Waals surface area contributed by atoms with Gasteiger partial charge in [0.2, 0.25) is 0 Å². The number of ether oxygens (including phenoxy) is 1. The standard InChI is InChI=1S/C13H12N2O4S/c1-7(16)9-6-20-13(14-9)15-12(18)8-4-3-5-10(19-2)11(8)17/h3-6,17H,1-2H3,(H,14,15,18). The Hall–Kier alpha value is -2.41. The van der Waals surface area contributed by atoms with E-state index in [9.17, 15) is 14.7 Å². The second-order valence-corrected chi connectivity index (χ2v) is 4.76.